The zero-order chi connectivity index (χ0) is 11.5. The number of nitrogens with one attached hydrogen (secondary N) is 1. The molecule has 2 aromatic rings. The molecule has 0 unspecified atom stereocenters. The van der Waals surface area contributed by atoms with E-state index >= 15 is 0 Å². The van der Waals surface area contributed by atoms with Gasteiger partial charge in [-0.3, -0.25) is 0 Å². The SMILES string of the molecule is Nc1cnc(Nc2ccc(F)cc2Br)cn1. The number of benzene rings is 1. The molecule has 0 fully saturated rings. The van der Waals surface area contributed by atoms with Crippen LogP contribution in [-0.4, -0.2) is 9.97 Å². The van der Waals surface area contributed by atoms with Crippen LogP contribution in [0.1, 0.15) is 0 Å². The molecule has 0 amide bonds. The average molecular weight is 283 g/mol. The quantitative estimate of drug-likeness (QED) is 0.889. The number of rotatable bonds is 2. The first-order valence-corrected chi connectivity index (χ1v) is 5.24. The molecule has 2 rings (SSSR count). The van der Waals surface area contributed by atoms with Crippen molar-refractivity contribution in [2.45, 2.75) is 0 Å². The lowest BCUT2D eigenvalue weighted by molar-refractivity contribution is 0.627. The number of aromatic nitrogens is 2. The number of nitrogens with two attached hydrogens (primary N) is 1. The molecule has 16 heavy (non-hydrogen) atoms. The monoisotopic (exact) mass is 282 g/mol. The van der Waals surface area contributed by atoms with E-state index in [1.165, 1.54) is 24.5 Å². The number of nitrogen functional groups attached to an aromatic ring is 1. The summed E-state index contributed by atoms with van der Waals surface area (Å²) in [6.45, 7) is 0. The van der Waals surface area contributed by atoms with E-state index in [4.69, 9.17) is 5.73 Å². The molecular weight excluding hydrogens is 275 g/mol. The minimum atomic E-state index is -0.305. The number of nitrogens with zero attached hydrogens (tertiary/aromatic N) is 2. The van der Waals surface area contributed by atoms with Crippen LogP contribution in [0.15, 0.2) is 35.1 Å². The summed E-state index contributed by atoms with van der Waals surface area (Å²) in [6.07, 6.45) is 2.95. The summed E-state index contributed by atoms with van der Waals surface area (Å²) >= 11 is 3.24. The maximum atomic E-state index is 12.8. The summed E-state index contributed by atoms with van der Waals surface area (Å²) < 4.78 is 13.5. The van der Waals surface area contributed by atoms with E-state index in [1.54, 1.807) is 6.07 Å². The molecule has 0 aliphatic heterocycles. The summed E-state index contributed by atoms with van der Waals surface area (Å²) in [4.78, 5) is 7.91. The largest absolute Gasteiger partial charge is 0.382 e. The molecule has 4 nitrogen and oxygen atoms in total. The highest BCUT2D eigenvalue weighted by Gasteiger charge is 2.02. The highest BCUT2D eigenvalue weighted by atomic mass is 79.9. The van der Waals surface area contributed by atoms with Crippen molar-refractivity contribution in [3.8, 4) is 0 Å². The van der Waals surface area contributed by atoms with E-state index in [2.05, 4.69) is 31.2 Å². The molecule has 0 atom stereocenters. The lowest BCUT2D eigenvalue weighted by Gasteiger charge is -2.07. The number of halogens is 2. The number of hydrogen-bond acceptors (Lipinski definition) is 4. The molecule has 0 bridgehead atoms. The molecule has 3 N–H and O–H groups in total. The summed E-state index contributed by atoms with van der Waals surface area (Å²) in [5.74, 6) is 0.589. The van der Waals surface area contributed by atoms with Crippen molar-refractivity contribution in [1.82, 2.24) is 9.97 Å². The van der Waals surface area contributed by atoms with Crippen LogP contribution in [0.3, 0.4) is 0 Å². The van der Waals surface area contributed by atoms with Gasteiger partial charge in [0, 0.05) is 4.47 Å². The number of hydrogen-bond donors (Lipinski definition) is 2. The lowest BCUT2D eigenvalue weighted by Crippen LogP contribution is -1.97. The zero-order valence-electron chi connectivity index (χ0n) is 8.11. The van der Waals surface area contributed by atoms with Crippen LogP contribution in [0.5, 0.6) is 0 Å². The Balaban J connectivity index is 2.23. The Kier molecular flexibility index (Phi) is 3.00. The van der Waals surface area contributed by atoms with Crippen LogP contribution in [0.25, 0.3) is 0 Å². The van der Waals surface area contributed by atoms with Crippen LogP contribution in [0.2, 0.25) is 0 Å². The average Bonchev–Trinajstić information content (AvgIpc) is 2.25. The molecule has 82 valence electrons. The van der Waals surface area contributed by atoms with E-state index in [-0.39, 0.29) is 5.82 Å². The number of anilines is 3. The van der Waals surface area contributed by atoms with Gasteiger partial charge in [0.25, 0.3) is 0 Å². The van der Waals surface area contributed by atoms with Gasteiger partial charge in [0.15, 0.2) is 0 Å². The first-order chi connectivity index (χ1) is 7.65. The predicted octanol–water partition coefficient (Wildman–Crippen LogP) is 2.70. The molecule has 0 saturated carbocycles. The molecule has 0 aliphatic carbocycles. The van der Waals surface area contributed by atoms with Gasteiger partial charge >= 0.3 is 0 Å². The van der Waals surface area contributed by atoms with Gasteiger partial charge in [-0.2, -0.15) is 0 Å². The van der Waals surface area contributed by atoms with E-state index in [9.17, 15) is 4.39 Å². The van der Waals surface area contributed by atoms with Gasteiger partial charge in [0.1, 0.15) is 17.5 Å². The van der Waals surface area contributed by atoms with Gasteiger partial charge in [-0.1, -0.05) is 0 Å². The van der Waals surface area contributed by atoms with Gasteiger partial charge in [-0.05, 0) is 34.1 Å². The van der Waals surface area contributed by atoms with Crippen molar-refractivity contribution in [1.29, 1.82) is 0 Å². The summed E-state index contributed by atoms with van der Waals surface area (Å²) in [7, 11) is 0. The van der Waals surface area contributed by atoms with Gasteiger partial charge in [-0.25, -0.2) is 14.4 Å². The van der Waals surface area contributed by atoms with Crippen molar-refractivity contribution < 1.29 is 4.39 Å². The van der Waals surface area contributed by atoms with Crippen LogP contribution in [0.4, 0.5) is 21.7 Å². The van der Waals surface area contributed by atoms with Crippen molar-refractivity contribution in [2.24, 2.45) is 0 Å². The molecule has 1 heterocycles. The minimum Gasteiger partial charge on any atom is -0.382 e. The van der Waals surface area contributed by atoms with Crippen molar-refractivity contribution in [3.05, 3.63) is 40.9 Å². The Bertz CT molecular complexity index is 501. The van der Waals surface area contributed by atoms with Gasteiger partial charge < -0.3 is 11.1 Å². The highest BCUT2D eigenvalue weighted by molar-refractivity contribution is 9.10. The fraction of sp³-hybridized carbons (Fsp3) is 0. The van der Waals surface area contributed by atoms with Crippen molar-refractivity contribution in [3.63, 3.8) is 0 Å². The second kappa shape index (κ2) is 4.44. The molecule has 0 aliphatic rings. The van der Waals surface area contributed by atoms with E-state index in [0.717, 1.165) is 0 Å². The second-order valence-electron chi connectivity index (χ2n) is 3.08. The Hall–Kier alpha value is -1.69. The predicted molar refractivity (Wildman–Crippen MR) is 63.8 cm³/mol. The Morgan fingerprint density at radius 1 is 1.25 bits per heavy atom. The van der Waals surface area contributed by atoms with E-state index < -0.39 is 0 Å². The van der Waals surface area contributed by atoms with Gasteiger partial charge in [0.05, 0.1) is 18.1 Å². The zero-order valence-corrected chi connectivity index (χ0v) is 9.70. The first-order valence-electron chi connectivity index (χ1n) is 4.45. The van der Waals surface area contributed by atoms with Crippen LogP contribution >= 0.6 is 15.9 Å². The standard InChI is InChI=1S/C10H8BrFN4/c11-7-3-6(12)1-2-8(7)16-10-5-14-9(13)4-15-10/h1-5H,(H2,13,14)(H,15,16). The smallest absolute Gasteiger partial charge is 0.149 e. The van der Waals surface area contributed by atoms with E-state index in [1.807, 2.05) is 0 Å². The third-order valence-corrected chi connectivity index (χ3v) is 2.52. The van der Waals surface area contributed by atoms with Gasteiger partial charge in [-0.15, -0.1) is 0 Å². The van der Waals surface area contributed by atoms with Crippen molar-refractivity contribution >= 4 is 33.3 Å². The molecule has 0 spiro atoms. The minimum absolute atomic E-state index is 0.305. The topological polar surface area (TPSA) is 63.8 Å². The molecule has 1 aromatic heterocycles. The summed E-state index contributed by atoms with van der Waals surface area (Å²) in [5.41, 5.74) is 6.12. The Labute approximate surface area is 99.9 Å². The Morgan fingerprint density at radius 2 is 2.06 bits per heavy atom. The fourth-order valence-corrected chi connectivity index (χ4v) is 1.58. The van der Waals surface area contributed by atoms with Crippen molar-refractivity contribution in [2.75, 3.05) is 11.1 Å². The summed E-state index contributed by atoms with van der Waals surface area (Å²) in [5, 5.41) is 2.98. The third kappa shape index (κ3) is 2.46. The molecule has 0 radical (unpaired) electrons. The third-order valence-electron chi connectivity index (χ3n) is 1.87. The highest BCUT2D eigenvalue weighted by Crippen LogP contribution is 2.25. The summed E-state index contributed by atoms with van der Waals surface area (Å²) in [6, 6.07) is 4.34. The lowest BCUT2D eigenvalue weighted by atomic mass is 10.3. The first kappa shape index (κ1) is 10.8. The Morgan fingerprint density at radius 3 is 2.69 bits per heavy atom. The molecule has 6 heteroatoms. The molecule has 0 saturated heterocycles. The second-order valence-corrected chi connectivity index (χ2v) is 3.93. The van der Waals surface area contributed by atoms with Crippen LogP contribution in [-0.2, 0) is 0 Å². The normalized spacial score (nSPS) is 10.1. The van der Waals surface area contributed by atoms with Crippen LogP contribution in [0, 0.1) is 5.82 Å². The fourth-order valence-electron chi connectivity index (χ4n) is 1.13. The van der Waals surface area contributed by atoms with Crippen LogP contribution < -0.4 is 11.1 Å². The van der Waals surface area contributed by atoms with Gasteiger partial charge in [0.2, 0.25) is 0 Å². The molecular formula is C10H8BrFN4. The molecule has 1 aromatic carbocycles. The maximum absolute atomic E-state index is 12.8. The maximum Gasteiger partial charge on any atom is 0.149 e. The van der Waals surface area contributed by atoms with E-state index in [0.29, 0.717) is 21.8 Å².